The summed E-state index contributed by atoms with van der Waals surface area (Å²) in [6.45, 7) is 0. The van der Waals surface area contributed by atoms with Crippen molar-refractivity contribution in [1.29, 1.82) is 0 Å². The Labute approximate surface area is 159 Å². The Morgan fingerprint density at radius 3 is 2.00 bits per heavy atom. The minimum Gasteiger partial charge on any atom is -0.378 e. The molecule has 132 valence electrons. The third kappa shape index (κ3) is 4.67. The van der Waals surface area contributed by atoms with Crippen molar-refractivity contribution in [3.05, 3.63) is 90.5 Å². The number of hydrogen-bond acceptors (Lipinski definition) is 3. The molecule has 3 nitrogen and oxygen atoms in total. The molecule has 1 N–H and O–H groups in total. The van der Waals surface area contributed by atoms with E-state index in [1.54, 1.807) is 11.8 Å². The predicted octanol–water partition coefficient (Wildman–Crippen LogP) is 5.22. The van der Waals surface area contributed by atoms with E-state index in [9.17, 15) is 4.79 Å². The second kappa shape index (κ2) is 8.59. The van der Waals surface area contributed by atoms with Gasteiger partial charge in [-0.1, -0.05) is 48.5 Å². The molecule has 0 aliphatic carbocycles. The van der Waals surface area contributed by atoms with Gasteiger partial charge >= 0.3 is 0 Å². The van der Waals surface area contributed by atoms with Gasteiger partial charge in [-0.25, -0.2) is 0 Å². The summed E-state index contributed by atoms with van der Waals surface area (Å²) in [5.74, 6) is -0.0253. The average Bonchev–Trinajstić information content (AvgIpc) is 2.68. The summed E-state index contributed by atoms with van der Waals surface area (Å²) in [6.07, 6.45) is 0. The topological polar surface area (TPSA) is 32.3 Å². The van der Waals surface area contributed by atoms with E-state index in [2.05, 4.69) is 5.32 Å². The Kier molecular flexibility index (Phi) is 5.97. The lowest BCUT2D eigenvalue weighted by atomic mass is 10.1. The predicted molar refractivity (Wildman–Crippen MR) is 111 cm³/mol. The Balaban J connectivity index is 1.80. The van der Waals surface area contributed by atoms with Crippen molar-refractivity contribution in [2.45, 2.75) is 10.1 Å². The van der Waals surface area contributed by atoms with Crippen LogP contribution < -0.4 is 10.2 Å². The third-order valence-electron chi connectivity index (χ3n) is 3.99. The first-order valence-corrected chi connectivity index (χ1v) is 9.36. The fourth-order valence-corrected chi connectivity index (χ4v) is 3.63. The molecule has 1 atom stereocenters. The zero-order valence-corrected chi connectivity index (χ0v) is 15.7. The fourth-order valence-electron chi connectivity index (χ4n) is 2.59. The lowest BCUT2D eigenvalue weighted by Crippen LogP contribution is -2.19. The highest BCUT2D eigenvalue weighted by Gasteiger charge is 2.22. The van der Waals surface area contributed by atoms with Crippen LogP contribution in [0.3, 0.4) is 0 Å². The number of nitrogens with zero attached hydrogens (tertiary/aromatic N) is 1. The summed E-state index contributed by atoms with van der Waals surface area (Å²) in [5.41, 5.74) is 2.89. The molecule has 0 fully saturated rings. The van der Waals surface area contributed by atoms with Crippen LogP contribution in [-0.2, 0) is 4.79 Å². The summed E-state index contributed by atoms with van der Waals surface area (Å²) in [6, 6.07) is 27.8. The van der Waals surface area contributed by atoms with E-state index in [1.165, 1.54) is 0 Å². The van der Waals surface area contributed by atoms with Gasteiger partial charge in [0.2, 0.25) is 5.91 Å². The van der Waals surface area contributed by atoms with Crippen molar-refractivity contribution in [2.75, 3.05) is 24.3 Å². The molecular weight excluding hydrogens is 340 g/mol. The summed E-state index contributed by atoms with van der Waals surface area (Å²) < 4.78 is 0. The molecule has 1 unspecified atom stereocenters. The molecule has 1 amide bonds. The number of rotatable bonds is 6. The molecule has 3 aromatic carbocycles. The first kappa shape index (κ1) is 18.1. The molecule has 3 rings (SSSR count). The molecular formula is C22H22N2OS. The average molecular weight is 362 g/mol. The van der Waals surface area contributed by atoms with Crippen molar-refractivity contribution < 1.29 is 4.79 Å². The molecule has 0 saturated heterocycles. The summed E-state index contributed by atoms with van der Waals surface area (Å²) in [7, 11) is 3.99. The lowest BCUT2D eigenvalue weighted by Gasteiger charge is -2.18. The quantitative estimate of drug-likeness (QED) is 0.610. The maximum absolute atomic E-state index is 13.0. The SMILES string of the molecule is CN(C)c1ccc(NC(=O)C(Sc2ccccc2)c2ccccc2)cc1. The fraction of sp³-hybridized carbons (Fsp3) is 0.136. The van der Waals surface area contributed by atoms with Crippen molar-refractivity contribution in [1.82, 2.24) is 0 Å². The lowest BCUT2D eigenvalue weighted by molar-refractivity contribution is -0.115. The molecule has 26 heavy (non-hydrogen) atoms. The van der Waals surface area contributed by atoms with Crippen LogP contribution >= 0.6 is 11.8 Å². The van der Waals surface area contributed by atoms with Gasteiger partial charge in [0, 0.05) is 30.4 Å². The Morgan fingerprint density at radius 2 is 1.42 bits per heavy atom. The number of amides is 1. The molecule has 0 aromatic heterocycles. The van der Waals surface area contributed by atoms with E-state index >= 15 is 0 Å². The molecule has 0 aliphatic heterocycles. The van der Waals surface area contributed by atoms with Gasteiger partial charge in [0.05, 0.1) is 0 Å². The van der Waals surface area contributed by atoms with Crippen LogP contribution in [0.4, 0.5) is 11.4 Å². The highest BCUT2D eigenvalue weighted by atomic mass is 32.2. The normalized spacial score (nSPS) is 11.6. The first-order valence-electron chi connectivity index (χ1n) is 8.48. The molecule has 3 aromatic rings. The first-order chi connectivity index (χ1) is 12.6. The number of thioether (sulfide) groups is 1. The Bertz CT molecular complexity index is 833. The second-order valence-electron chi connectivity index (χ2n) is 6.15. The standard InChI is InChI=1S/C22H22N2OS/c1-24(2)19-15-13-18(14-16-19)23-22(25)21(17-9-5-3-6-10-17)26-20-11-7-4-8-12-20/h3-16,21H,1-2H3,(H,23,25). The van der Waals surface area contributed by atoms with Crippen LogP contribution in [0.1, 0.15) is 10.8 Å². The maximum Gasteiger partial charge on any atom is 0.242 e. The zero-order valence-electron chi connectivity index (χ0n) is 14.9. The largest absolute Gasteiger partial charge is 0.378 e. The van der Waals surface area contributed by atoms with Crippen molar-refractivity contribution in [2.24, 2.45) is 0 Å². The van der Waals surface area contributed by atoms with Crippen molar-refractivity contribution in [3.8, 4) is 0 Å². The monoisotopic (exact) mass is 362 g/mol. The van der Waals surface area contributed by atoms with Gasteiger partial charge in [-0.05, 0) is 42.0 Å². The van der Waals surface area contributed by atoms with Crippen LogP contribution in [-0.4, -0.2) is 20.0 Å². The van der Waals surface area contributed by atoms with E-state index in [0.29, 0.717) is 0 Å². The molecule has 0 radical (unpaired) electrons. The Hall–Kier alpha value is -2.72. The van der Waals surface area contributed by atoms with E-state index < -0.39 is 0 Å². The van der Waals surface area contributed by atoms with E-state index in [1.807, 2.05) is 104 Å². The van der Waals surface area contributed by atoms with E-state index in [4.69, 9.17) is 0 Å². The highest BCUT2D eigenvalue weighted by molar-refractivity contribution is 8.00. The maximum atomic E-state index is 13.0. The third-order valence-corrected chi connectivity index (χ3v) is 5.26. The summed E-state index contributed by atoms with van der Waals surface area (Å²) >= 11 is 1.56. The van der Waals surface area contributed by atoms with Crippen LogP contribution in [0.25, 0.3) is 0 Å². The smallest absolute Gasteiger partial charge is 0.242 e. The molecule has 4 heteroatoms. The molecule has 0 aliphatic rings. The number of benzene rings is 3. The minimum atomic E-state index is -0.313. The van der Waals surface area contributed by atoms with E-state index in [0.717, 1.165) is 21.8 Å². The van der Waals surface area contributed by atoms with Crippen molar-refractivity contribution >= 4 is 29.0 Å². The molecule has 0 bridgehead atoms. The van der Waals surface area contributed by atoms with Gasteiger partial charge in [-0.3, -0.25) is 4.79 Å². The van der Waals surface area contributed by atoms with Gasteiger partial charge in [-0.2, -0.15) is 0 Å². The zero-order chi connectivity index (χ0) is 18.4. The summed E-state index contributed by atoms with van der Waals surface area (Å²) in [4.78, 5) is 16.1. The molecule has 0 heterocycles. The van der Waals surface area contributed by atoms with Gasteiger partial charge in [-0.15, -0.1) is 11.8 Å². The number of anilines is 2. The number of carbonyl (C=O) groups is 1. The van der Waals surface area contributed by atoms with Crippen LogP contribution in [0, 0.1) is 0 Å². The van der Waals surface area contributed by atoms with E-state index in [-0.39, 0.29) is 11.2 Å². The van der Waals surface area contributed by atoms with Crippen LogP contribution in [0.5, 0.6) is 0 Å². The van der Waals surface area contributed by atoms with Gasteiger partial charge in [0.1, 0.15) is 5.25 Å². The second-order valence-corrected chi connectivity index (χ2v) is 7.33. The number of hydrogen-bond donors (Lipinski definition) is 1. The van der Waals surface area contributed by atoms with Gasteiger partial charge in [0.25, 0.3) is 0 Å². The number of carbonyl (C=O) groups excluding carboxylic acids is 1. The van der Waals surface area contributed by atoms with Gasteiger partial charge < -0.3 is 10.2 Å². The van der Waals surface area contributed by atoms with Crippen LogP contribution in [0.2, 0.25) is 0 Å². The Morgan fingerprint density at radius 1 is 0.846 bits per heavy atom. The number of nitrogens with one attached hydrogen (secondary N) is 1. The minimum absolute atomic E-state index is 0.0253. The van der Waals surface area contributed by atoms with Crippen LogP contribution in [0.15, 0.2) is 89.8 Å². The molecule has 0 spiro atoms. The highest BCUT2D eigenvalue weighted by Crippen LogP contribution is 2.36. The summed E-state index contributed by atoms with van der Waals surface area (Å²) in [5, 5.41) is 2.74. The van der Waals surface area contributed by atoms with Crippen molar-refractivity contribution in [3.63, 3.8) is 0 Å². The molecule has 0 saturated carbocycles. The van der Waals surface area contributed by atoms with Gasteiger partial charge in [0.15, 0.2) is 0 Å².